The first kappa shape index (κ1) is 27.8. The minimum absolute atomic E-state index is 0.0833. The summed E-state index contributed by atoms with van der Waals surface area (Å²) in [4.78, 5) is 0. The number of benzene rings is 10. The molecule has 10 aromatic carbocycles. The van der Waals surface area contributed by atoms with Gasteiger partial charge in [0, 0.05) is 38.4 Å². The van der Waals surface area contributed by atoms with Crippen molar-refractivity contribution < 1.29 is 13.7 Å². The standard InChI is InChI=1S/C60H42N2Si/c1-6-22-43(23-7-1)49-34-20-35-50(44-24-8-2-9-25-44)60(49)62-54-36-18-16-32-51(54)53-42-45(40-41-56(53)62)61-55-37-19-17-33-52(55)59-57(61)38-21-39-58(59)63(46-26-10-3-11-27-46,47-28-12-4-13-29-47)48-30-14-5-15-31-48/h1-42H/i1D,2D,6D,7D,8D,9D,22D,23D,24D,25D. The van der Waals surface area contributed by atoms with E-state index < -0.39 is 68.5 Å². The highest BCUT2D eigenvalue weighted by Crippen LogP contribution is 2.42. The number of para-hydroxylation sites is 3. The van der Waals surface area contributed by atoms with Crippen LogP contribution < -0.4 is 20.7 Å². The maximum absolute atomic E-state index is 9.18. The first-order valence-corrected chi connectivity index (χ1v) is 23.0. The van der Waals surface area contributed by atoms with Crippen LogP contribution in [0.25, 0.3) is 77.2 Å². The normalized spacial score (nSPS) is 14.0. The van der Waals surface area contributed by atoms with Crippen LogP contribution in [-0.2, 0) is 0 Å². The largest absolute Gasteiger partial charge is 0.309 e. The third kappa shape index (κ3) is 5.78. The molecule has 2 aromatic heterocycles. The van der Waals surface area contributed by atoms with E-state index in [9.17, 15) is 5.48 Å². The molecule has 0 N–H and O–H groups in total. The van der Waals surface area contributed by atoms with Crippen molar-refractivity contribution in [2.45, 2.75) is 0 Å². The lowest BCUT2D eigenvalue weighted by molar-refractivity contribution is 1.17. The molecule has 296 valence electrons. The smallest absolute Gasteiger partial charge is 0.180 e. The molecule has 0 aliphatic carbocycles. The van der Waals surface area contributed by atoms with Gasteiger partial charge in [-0.1, -0.05) is 218 Å². The van der Waals surface area contributed by atoms with Gasteiger partial charge in [-0.25, -0.2) is 0 Å². The summed E-state index contributed by atoms with van der Waals surface area (Å²) in [6, 6.07) is 61.9. The molecule has 2 heterocycles. The average Bonchev–Trinajstić information content (AvgIpc) is 3.95. The van der Waals surface area contributed by atoms with E-state index in [0.717, 1.165) is 38.3 Å². The molecule has 0 radical (unpaired) electrons. The number of nitrogens with zero attached hydrogens (tertiary/aromatic N) is 2. The lowest BCUT2D eigenvalue weighted by atomic mass is 9.95. The molecule has 0 aliphatic rings. The van der Waals surface area contributed by atoms with Crippen molar-refractivity contribution in [1.82, 2.24) is 9.13 Å². The van der Waals surface area contributed by atoms with E-state index in [4.69, 9.17) is 8.22 Å². The van der Waals surface area contributed by atoms with Gasteiger partial charge in [-0.15, -0.1) is 0 Å². The van der Waals surface area contributed by atoms with Gasteiger partial charge < -0.3 is 9.13 Å². The first-order valence-electron chi connectivity index (χ1n) is 26.0. The second-order valence-electron chi connectivity index (χ2n) is 15.7. The Balaban J connectivity index is 1.18. The van der Waals surface area contributed by atoms with Crippen LogP contribution in [0.3, 0.4) is 0 Å². The van der Waals surface area contributed by atoms with Crippen molar-refractivity contribution in [3.8, 4) is 33.6 Å². The molecule has 0 amide bonds. The highest BCUT2D eigenvalue weighted by molar-refractivity contribution is 7.20. The van der Waals surface area contributed by atoms with Crippen LogP contribution in [0.4, 0.5) is 0 Å². The van der Waals surface area contributed by atoms with Crippen LogP contribution >= 0.6 is 0 Å². The number of hydrogen-bond acceptors (Lipinski definition) is 0. The van der Waals surface area contributed by atoms with Crippen molar-refractivity contribution in [3.63, 3.8) is 0 Å². The van der Waals surface area contributed by atoms with Gasteiger partial charge in [-0.05, 0) is 68.3 Å². The summed E-state index contributed by atoms with van der Waals surface area (Å²) in [5.74, 6) is 0. The van der Waals surface area contributed by atoms with Gasteiger partial charge in [0.05, 0.1) is 41.5 Å². The maximum Gasteiger partial charge on any atom is 0.180 e. The molecule has 0 unspecified atom stereocenters. The molecule has 0 aliphatic heterocycles. The molecule has 12 rings (SSSR count). The summed E-state index contributed by atoms with van der Waals surface area (Å²) in [6.45, 7) is 0. The van der Waals surface area contributed by atoms with E-state index >= 15 is 0 Å². The van der Waals surface area contributed by atoms with Crippen LogP contribution in [0.15, 0.2) is 255 Å². The van der Waals surface area contributed by atoms with Crippen LogP contribution in [0, 0.1) is 0 Å². The predicted molar refractivity (Wildman–Crippen MR) is 270 cm³/mol. The first-order chi connectivity index (χ1) is 35.4. The van der Waals surface area contributed by atoms with Crippen LogP contribution in [-0.4, -0.2) is 17.2 Å². The molecule has 0 bridgehead atoms. The van der Waals surface area contributed by atoms with Gasteiger partial charge in [0.2, 0.25) is 0 Å². The van der Waals surface area contributed by atoms with Crippen LogP contribution in [0.5, 0.6) is 0 Å². The maximum atomic E-state index is 9.18. The lowest BCUT2D eigenvalue weighted by Gasteiger charge is -2.35. The monoisotopic (exact) mass is 828 g/mol. The van der Waals surface area contributed by atoms with Crippen molar-refractivity contribution in [2.24, 2.45) is 0 Å². The minimum Gasteiger partial charge on any atom is -0.309 e. The van der Waals surface area contributed by atoms with Crippen molar-refractivity contribution >= 4 is 72.4 Å². The Morgan fingerprint density at radius 1 is 0.349 bits per heavy atom. The second-order valence-corrected chi connectivity index (χ2v) is 19.4. The second kappa shape index (κ2) is 15.2. The molecule has 0 spiro atoms. The quantitative estimate of drug-likeness (QED) is 0.107. The molecular formula is C60H42N2Si. The molecule has 0 atom stereocenters. The fraction of sp³-hybridized carbons (Fsp3) is 0. The Labute approximate surface area is 382 Å². The highest BCUT2D eigenvalue weighted by Gasteiger charge is 2.43. The van der Waals surface area contributed by atoms with E-state index in [1.165, 1.54) is 20.7 Å². The van der Waals surface area contributed by atoms with Crippen LogP contribution in [0.2, 0.25) is 0 Å². The molecule has 0 saturated carbocycles. The summed E-state index contributed by atoms with van der Waals surface area (Å²) in [7, 11) is -3.03. The van der Waals surface area contributed by atoms with Crippen molar-refractivity contribution in [2.75, 3.05) is 0 Å². The predicted octanol–water partition coefficient (Wildman–Crippen LogP) is 12.6. The summed E-state index contributed by atoms with van der Waals surface area (Å²) in [6.07, 6.45) is 0. The van der Waals surface area contributed by atoms with E-state index in [2.05, 4.69) is 150 Å². The lowest BCUT2D eigenvalue weighted by Crippen LogP contribution is -2.74. The number of fused-ring (bicyclic) bond motifs is 6. The third-order valence-corrected chi connectivity index (χ3v) is 17.3. The Kier molecular flexibility index (Phi) is 6.69. The van der Waals surface area contributed by atoms with E-state index in [-0.39, 0.29) is 22.3 Å². The fourth-order valence-corrected chi connectivity index (χ4v) is 14.9. The van der Waals surface area contributed by atoms with Crippen LogP contribution in [0.1, 0.15) is 13.7 Å². The Bertz CT molecular complexity index is 3970. The topological polar surface area (TPSA) is 9.86 Å². The highest BCUT2D eigenvalue weighted by atomic mass is 28.3. The number of rotatable bonds is 8. The minimum atomic E-state index is -3.03. The molecule has 63 heavy (non-hydrogen) atoms. The Morgan fingerprint density at radius 3 is 1.38 bits per heavy atom. The van der Waals surface area contributed by atoms with Gasteiger partial charge in [-0.3, -0.25) is 0 Å². The van der Waals surface area contributed by atoms with E-state index in [0.29, 0.717) is 16.7 Å². The molecule has 3 heteroatoms. The summed E-state index contributed by atoms with van der Waals surface area (Å²) < 4.78 is 92.6. The Morgan fingerprint density at radius 2 is 0.810 bits per heavy atom. The molecule has 12 aromatic rings. The van der Waals surface area contributed by atoms with Gasteiger partial charge in [0.25, 0.3) is 0 Å². The molecule has 2 nitrogen and oxygen atoms in total. The van der Waals surface area contributed by atoms with E-state index in [1.54, 1.807) is 18.2 Å². The van der Waals surface area contributed by atoms with Gasteiger partial charge in [0.15, 0.2) is 8.07 Å². The fourth-order valence-electron chi connectivity index (χ4n) is 9.94. The molecule has 0 fully saturated rings. The number of aromatic nitrogens is 2. The molecule has 0 saturated heterocycles. The zero-order chi connectivity index (χ0) is 50.4. The summed E-state index contributed by atoms with van der Waals surface area (Å²) in [5.41, 5.74) is 4.88. The van der Waals surface area contributed by atoms with Gasteiger partial charge in [0.1, 0.15) is 0 Å². The van der Waals surface area contributed by atoms with Gasteiger partial charge in [-0.2, -0.15) is 0 Å². The van der Waals surface area contributed by atoms with Crippen molar-refractivity contribution in [1.29, 1.82) is 0 Å². The Hall–Kier alpha value is -7.98. The summed E-state index contributed by atoms with van der Waals surface area (Å²) in [5, 5.41) is 8.97. The average molecular weight is 829 g/mol. The van der Waals surface area contributed by atoms with Crippen molar-refractivity contribution in [3.05, 3.63) is 255 Å². The third-order valence-electron chi connectivity index (χ3n) is 12.4. The zero-order valence-electron chi connectivity index (χ0n) is 43.9. The number of hydrogen-bond donors (Lipinski definition) is 0. The summed E-state index contributed by atoms with van der Waals surface area (Å²) >= 11 is 0. The van der Waals surface area contributed by atoms with Gasteiger partial charge >= 0.3 is 0 Å². The van der Waals surface area contributed by atoms with E-state index in [1.807, 2.05) is 34.9 Å². The molecular weight excluding hydrogens is 777 g/mol. The zero-order valence-corrected chi connectivity index (χ0v) is 34.9. The SMILES string of the molecule is [2H]c1c([2H])c([2H])c(-c2cccc(-c3c([2H])c([2H])c([2H])c([2H])c3[2H])c2-n2c3ccccc3c3cc(-n4c5ccccc5c5c([Si](c6ccccc6)(c6ccccc6)c6ccccc6)cccc54)ccc32)c([2H])c1[2H].